The molecule has 0 saturated heterocycles. The van der Waals surface area contributed by atoms with Crippen molar-refractivity contribution in [1.29, 1.82) is 0 Å². The van der Waals surface area contributed by atoms with Crippen molar-refractivity contribution in [2.45, 2.75) is 38.3 Å². The average molecular weight is 212 g/mol. The molecule has 0 aliphatic heterocycles. The van der Waals surface area contributed by atoms with Gasteiger partial charge in [-0.15, -0.1) is 0 Å². The van der Waals surface area contributed by atoms with Crippen LogP contribution in [0.2, 0.25) is 0 Å². The number of benzene rings is 1. The van der Waals surface area contributed by atoms with Gasteiger partial charge in [0.2, 0.25) is 0 Å². The number of anilines is 2. The Morgan fingerprint density at radius 1 is 0.812 bits per heavy atom. The lowest BCUT2D eigenvalue weighted by Crippen LogP contribution is -2.23. The maximum atomic E-state index is 6.02. The molecule has 4 N–H and O–H groups in total. The normalized spacial score (nSPS) is 12.8. The van der Waals surface area contributed by atoms with Gasteiger partial charge in [0, 0.05) is 0 Å². The van der Waals surface area contributed by atoms with E-state index in [1.807, 2.05) is 39.8 Å². The van der Waals surface area contributed by atoms with Crippen molar-refractivity contribution in [3.63, 3.8) is 0 Å². The van der Waals surface area contributed by atoms with Gasteiger partial charge in [-0.25, -0.2) is 0 Å². The molecule has 0 spiro atoms. The molecule has 4 heteroatoms. The summed E-state index contributed by atoms with van der Waals surface area (Å²) in [7, 11) is 12.0. The second-order valence-electron chi connectivity index (χ2n) is 5.43. The Hall–Kier alpha value is -1.05. The van der Waals surface area contributed by atoms with Crippen LogP contribution in [0.4, 0.5) is 11.4 Å². The minimum absolute atomic E-state index is 0.504. The quantitative estimate of drug-likeness (QED) is 0.578. The van der Waals surface area contributed by atoms with E-state index in [9.17, 15) is 0 Å². The lowest BCUT2D eigenvalue weighted by Gasteiger charge is -2.28. The third-order valence-electron chi connectivity index (χ3n) is 2.68. The predicted octanol–water partition coefficient (Wildman–Crippen LogP) is 1.66. The highest BCUT2D eigenvalue weighted by Gasteiger charge is 2.23. The highest BCUT2D eigenvalue weighted by Crippen LogP contribution is 2.35. The molecule has 1 aromatic carbocycles. The van der Waals surface area contributed by atoms with Crippen molar-refractivity contribution >= 4 is 27.1 Å². The van der Waals surface area contributed by atoms with E-state index in [4.69, 9.17) is 27.2 Å². The van der Waals surface area contributed by atoms with E-state index in [-0.39, 0.29) is 0 Å². The Morgan fingerprint density at radius 2 is 1.06 bits per heavy atom. The van der Waals surface area contributed by atoms with Crippen LogP contribution < -0.4 is 11.5 Å². The van der Waals surface area contributed by atoms with Crippen molar-refractivity contribution in [1.82, 2.24) is 0 Å². The largest absolute Gasteiger partial charge is 0.397 e. The number of nitrogen functional groups attached to an aromatic ring is 2. The second-order valence-corrected chi connectivity index (χ2v) is 5.43. The molecule has 16 heavy (non-hydrogen) atoms. The summed E-state index contributed by atoms with van der Waals surface area (Å²) in [5, 5.41) is -1.01. The Kier molecular flexibility index (Phi) is 3.06. The van der Waals surface area contributed by atoms with Crippen LogP contribution >= 0.6 is 0 Å². The lowest BCUT2D eigenvalue weighted by atomic mass is 9.63. The number of hydrogen-bond donors (Lipinski definition) is 2. The first-order chi connectivity index (χ1) is 7.05. The molecule has 0 atom stereocenters. The van der Waals surface area contributed by atoms with Crippen LogP contribution in [0.5, 0.6) is 0 Å². The standard InChI is InChI=1S/C12H18B2N2/c1-11(2,13)7-5-6-8(12(3,4)14)10(16)9(7)15/h5-6H,15-16H2,1-4H3. The highest BCUT2D eigenvalue weighted by atomic mass is 14.7. The zero-order valence-corrected chi connectivity index (χ0v) is 10.5. The van der Waals surface area contributed by atoms with E-state index >= 15 is 0 Å². The fourth-order valence-corrected chi connectivity index (χ4v) is 1.76. The van der Waals surface area contributed by atoms with Gasteiger partial charge < -0.3 is 11.5 Å². The molecule has 0 aliphatic carbocycles. The Morgan fingerprint density at radius 3 is 1.25 bits per heavy atom. The molecule has 82 valence electrons. The fraction of sp³-hybridized carbons (Fsp3) is 0.500. The summed E-state index contributed by atoms with van der Waals surface area (Å²) in [5.74, 6) is 0. The Balaban J connectivity index is 3.41. The maximum Gasteiger partial charge on any atom is 0.0803 e. The predicted molar refractivity (Wildman–Crippen MR) is 72.8 cm³/mol. The van der Waals surface area contributed by atoms with Crippen molar-refractivity contribution in [3.05, 3.63) is 23.3 Å². The van der Waals surface area contributed by atoms with Crippen LogP contribution in [-0.2, 0) is 10.6 Å². The summed E-state index contributed by atoms with van der Waals surface area (Å²) in [4.78, 5) is 0. The summed E-state index contributed by atoms with van der Waals surface area (Å²) < 4.78 is 0. The van der Waals surface area contributed by atoms with Gasteiger partial charge >= 0.3 is 0 Å². The van der Waals surface area contributed by atoms with Gasteiger partial charge in [-0.05, 0) is 21.8 Å². The molecule has 1 rings (SSSR count). The van der Waals surface area contributed by atoms with Gasteiger partial charge in [0.25, 0.3) is 0 Å². The molecule has 0 heterocycles. The van der Waals surface area contributed by atoms with Crippen LogP contribution in [-0.4, -0.2) is 15.7 Å². The van der Waals surface area contributed by atoms with E-state index < -0.39 is 10.6 Å². The van der Waals surface area contributed by atoms with Crippen molar-refractivity contribution in [2.75, 3.05) is 11.5 Å². The Bertz CT molecular complexity index is 362. The molecule has 0 saturated carbocycles. The van der Waals surface area contributed by atoms with Gasteiger partial charge in [-0.1, -0.05) is 39.8 Å². The molecule has 0 fully saturated rings. The maximum absolute atomic E-state index is 6.02. The van der Waals surface area contributed by atoms with Crippen molar-refractivity contribution < 1.29 is 0 Å². The van der Waals surface area contributed by atoms with E-state index in [0.717, 1.165) is 11.1 Å². The smallest absolute Gasteiger partial charge is 0.0803 e. The third kappa shape index (κ3) is 2.37. The summed E-state index contributed by atoms with van der Waals surface area (Å²) >= 11 is 0. The lowest BCUT2D eigenvalue weighted by molar-refractivity contribution is 0.750. The first kappa shape index (κ1) is 13.0. The number of nitrogens with two attached hydrogens (primary N) is 2. The van der Waals surface area contributed by atoms with Gasteiger partial charge in [0.15, 0.2) is 0 Å². The summed E-state index contributed by atoms with van der Waals surface area (Å²) in [6, 6.07) is 3.80. The molecular weight excluding hydrogens is 194 g/mol. The van der Waals surface area contributed by atoms with E-state index in [0.29, 0.717) is 11.4 Å². The zero-order valence-electron chi connectivity index (χ0n) is 10.5. The average Bonchev–Trinajstić information content (AvgIpc) is 2.05. The summed E-state index contributed by atoms with van der Waals surface area (Å²) in [5.41, 5.74) is 14.8. The Labute approximate surface area is 101 Å². The molecule has 0 aliphatic rings. The molecule has 1 aromatic rings. The van der Waals surface area contributed by atoms with Crippen LogP contribution in [0, 0.1) is 0 Å². The van der Waals surface area contributed by atoms with Gasteiger partial charge in [0.05, 0.1) is 27.1 Å². The van der Waals surface area contributed by atoms with Gasteiger partial charge in [-0.2, -0.15) is 0 Å². The molecular formula is C12H18B2N2. The summed E-state index contributed by atoms with van der Waals surface area (Å²) in [6.45, 7) is 7.58. The van der Waals surface area contributed by atoms with E-state index in [1.54, 1.807) is 0 Å². The second kappa shape index (κ2) is 3.76. The molecule has 0 aromatic heterocycles. The topological polar surface area (TPSA) is 52.0 Å². The zero-order chi connectivity index (χ0) is 12.7. The first-order valence-corrected chi connectivity index (χ1v) is 5.32. The van der Waals surface area contributed by atoms with E-state index in [1.165, 1.54) is 0 Å². The highest BCUT2D eigenvalue weighted by molar-refractivity contribution is 6.17. The van der Waals surface area contributed by atoms with Crippen LogP contribution in [0.3, 0.4) is 0 Å². The van der Waals surface area contributed by atoms with Crippen LogP contribution in [0.15, 0.2) is 12.1 Å². The molecule has 0 bridgehead atoms. The SMILES string of the molecule is [B]C(C)(C)c1ccc(C([B])(C)C)c(N)c1N. The van der Waals surface area contributed by atoms with Gasteiger partial charge in [-0.3, -0.25) is 0 Å². The van der Waals surface area contributed by atoms with Gasteiger partial charge in [0.1, 0.15) is 0 Å². The van der Waals surface area contributed by atoms with Crippen molar-refractivity contribution in [2.24, 2.45) is 0 Å². The van der Waals surface area contributed by atoms with Crippen LogP contribution in [0.25, 0.3) is 0 Å². The van der Waals surface area contributed by atoms with Crippen LogP contribution in [0.1, 0.15) is 38.8 Å². The molecule has 4 radical (unpaired) electrons. The molecule has 0 unspecified atom stereocenters. The molecule has 0 amide bonds. The molecule has 2 nitrogen and oxygen atoms in total. The fourth-order valence-electron chi connectivity index (χ4n) is 1.76. The minimum atomic E-state index is -0.504. The first-order valence-electron chi connectivity index (χ1n) is 5.32. The minimum Gasteiger partial charge on any atom is -0.397 e. The number of rotatable bonds is 2. The number of hydrogen-bond acceptors (Lipinski definition) is 2. The summed E-state index contributed by atoms with van der Waals surface area (Å²) in [6.07, 6.45) is 0. The van der Waals surface area contributed by atoms with Crippen molar-refractivity contribution in [3.8, 4) is 0 Å². The monoisotopic (exact) mass is 212 g/mol. The van der Waals surface area contributed by atoms with E-state index in [2.05, 4.69) is 0 Å². The third-order valence-corrected chi connectivity index (χ3v) is 2.68.